The Balaban J connectivity index is 2.08. The first-order chi connectivity index (χ1) is 27.0. The fraction of sp³-hybridized carbons (Fsp3) is 0.500. The van der Waals surface area contributed by atoms with Gasteiger partial charge in [-0.2, -0.15) is 0 Å². The number of phenolic OH excluding ortho intramolecular Hbond substituents is 1. The smallest absolute Gasteiger partial charge is 0.313 e. The predicted octanol–water partition coefficient (Wildman–Crippen LogP) is 3.68. The van der Waals surface area contributed by atoms with Gasteiger partial charge in [-0.3, -0.25) is 24.0 Å². The molecule has 3 aliphatic heterocycles. The molecule has 16 heteroatoms. The molecule has 1 amide bonds. The summed E-state index contributed by atoms with van der Waals surface area (Å²) in [5, 5.41) is 61.2. The van der Waals surface area contributed by atoms with Gasteiger partial charge in [0.25, 0.3) is 5.91 Å². The van der Waals surface area contributed by atoms with Gasteiger partial charge in [0.2, 0.25) is 6.79 Å². The number of esters is 3. The molecule has 0 saturated carbocycles. The van der Waals surface area contributed by atoms with Crippen LogP contribution in [-0.2, 0) is 38.1 Å². The van der Waals surface area contributed by atoms with Crippen LogP contribution in [0.4, 0.5) is 5.69 Å². The molecule has 0 fully saturated rings. The molecule has 1 aliphatic carbocycles. The molecule has 4 aliphatic rings. The number of benzene rings is 1. The minimum absolute atomic E-state index is 0.00899. The maximum atomic E-state index is 14.0. The fourth-order valence-electron chi connectivity index (χ4n) is 7.67. The van der Waals surface area contributed by atoms with E-state index in [-0.39, 0.29) is 61.9 Å². The molecule has 6 N–H and O–H groups in total. The zero-order valence-electron chi connectivity index (χ0n) is 34.5. The van der Waals surface area contributed by atoms with E-state index in [4.69, 9.17) is 23.7 Å². The summed E-state index contributed by atoms with van der Waals surface area (Å²) in [7, 11) is 1.05. The topological polar surface area (TPSA) is 245 Å². The van der Waals surface area contributed by atoms with Crippen LogP contribution in [-0.4, -0.2) is 99.1 Å². The summed E-state index contributed by atoms with van der Waals surface area (Å²) >= 11 is 0. The number of ketones is 1. The second-order valence-corrected chi connectivity index (χ2v) is 15.3. The number of aromatic hydroxyl groups is 1. The molecule has 0 saturated heterocycles. The molecular weight excluding hydrogens is 758 g/mol. The molecule has 1 aromatic rings. The summed E-state index contributed by atoms with van der Waals surface area (Å²) in [6.07, 6.45) is -0.755. The number of carbonyl (C=O) groups is 5. The number of nitrogens with one attached hydrogen (secondary N) is 1. The molecule has 58 heavy (non-hydrogen) atoms. The second-order valence-electron chi connectivity index (χ2n) is 15.3. The molecule has 0 aromatic heterocycles. The molecule has 5 rings (SSSR count). The zero-order valence-corrected chi connectivity index (χ0v) is 34.5. The van der Waals surface area contributed by atoms with Crippen molar-refractivity contribution in [3.63, 3.8) is 0 Å². The van der Waals surface area contributed by atoms with E-state index in [9.17, 15) is 49.5 Å². The number of phenols is 1. The van der Waals surface area contributed by atoms with Crippen LogP contribution in [0.15, 0.2) is 52.5 Å². The van der Waals surface area contributed by atoms with Crippen molar-refractivity contribution in [2.24, 2.45) is 23.7 Å². The third-order valence-corrected chi connectivity index (χ3v) is 10.9. The number of amides is 1. The maximum Gasteiger partial charge on any atom is 0.313 e. The van der Waals surface area contributed by atoms with Gasteiger partial charge in [-0.25, -0.2) is 0 Å². The third-order valence-electron chi connectivity index (χ3n) is 10.9. The second kappa shape index (κ2) is 17.7. The van der Waals surface area contributed by atoms with Gasteiger partial charge < -0.3 is 54.5 Å². The van der Waals surface area contributed by atoms with Crippen molar-refractivity contribution in [1.29, 1.82) is 0 Å². The number of aliphatic hydroxyl groups excluding tert-OH is 3. The zero-order chi connectivity index (χ0) is 43.7. The standard InChI is InChI=1S/C42H53NO15/c1-17-13-12-14-18(2)40(51)43-30-20(4)38(58-25(9)45)26-27(34(30)49)31(46)22(6)37-28(26)36(55-16-56-37)19(3)15-42(10,53)39(50)23(7)33(48)29(41(52)54-11)32(47)21(5)35(17)57-24(8)44/h12-15,17,21,23,29,32-33,35,39,47-50,53H,16H2,1-11H3,(H,43,51)/b13-12-,18-14-,19-15+/t17-,21+,23+,29-,32-,33-,35-,39-,42-/m1/s1. The monoisotopic (exact) mass is 811 g/mol. The molecule has 316 valence electrons. The third kappa shape index (κ3) is 8.74. The van der Waals surface area contributed by atoms with E-state index in [1.165, 1.54) is 66.7 Å². The van der Waals surface area contributed by atoms with Crippen molar-refractivity contribution in [3.05, 3.63) is 69.2 Å². The highest BCUT2D eigenvalue weighted by atomic mass is 16.7. The Hall–Kier alpha value is -5.29. The van der Waals surface area contributed by atoms with E-state index >= 15 is 0 Å². The van der Waals surface area contributed by atoms with E-state index in [0.29, 0.717) is 0 Å². The summed E-state index contributed by atoms with van der Waals surface area (Å²) in [6, 6.07) is 0. The maximum absolute atomic E-state index is 14.0. The van der Waals surface area contributed by atoms with Crippen molar-refractivity contribution in [1.82, 2.24) is 0 Å². The first-order valence-corrected chi connectivity index (χ1v) is 18.7. The van der Waals surface area contributed by atoms with Gasteiger partial charge in [0.1, 0.15) is 34.9 Å². The minimum atomic E-state index is -2.20. The quantitative estimate of drug-likeness (QED) is 0.145. The largest absolute Gasteiger partial charge is 0.505 e. The summed E-state index contributed by atoms with van der Waals surface area (Å²) in [6.45, 7) is 13.5. The lowest BCUT2D eigenvalue weighted by Crippen LogP contribution is -2.53. The van der Waals surface area contributed by atoms with Crippen LogP contribution in [0, 0.1) is 30.6 Å². The molecular formula is C42H53NO15. The molecule has 9 atom stereocenters. The van der Waals surface area contributed by atoms with Crippen LogP contribution in [0.25, 0.3) is 5.57 Å². The van der Waals surface area contributed by atoms with E-state index in [0.717, 1.165) is 21.0 Å². The lowest BCUT2D eigenvalue weighted by Gasteiger charge is -2.39. The number of fused-ring (bicyclic) bond motifs is 14. The van der Waals surface area contributed by atoms with Gasteiger partial charge >= 0.3 is 17.9 Å². The van der Waals surface area contributed by atoms with Gasteiger partial charge in [-0.05, 0) is 46.3 Å². The van der Waals surface area contributed by atoms with Crippen molar-refractivity contribution in [2.75, 3.05) is 19.2 Å². The molecule has 0 spiro atoms. The summed E-state index contributed by atoms with van der Waals surface area (Å²) in [5.74, 6) is -9.54. The number of ether oxygens (including phenoxy) is 5. The Morgan fingerprint density at radius 3 is 2.09 bits per heavy atom. The van der Waals surface area contributed by atoms with Crippen molar-refractivity contribution in [3.8, 4) is 11.5 Å². The normalized spacial score (nSPS) is 32.1. The van der Waals surface area contributed by atoms with Gasteiger partial charge in [0.15, 0.2) is 11.5 Å². The molecule has 3 heterocycles. The Bertz CT molecular complexity index is 2040. The van der Waals surface area contributed by atoms with Crippen LogP contribution in [0.5, 0.6) is 11.5 Å². The fourth-order valence-corrected chi connectivity index (χ4v) is 7.67. The van der Waals surface area contributed by atoms with Gasteiger partial charge in [0, 0.05) is 53.9 Å². The molecule has 0 unspecified atom stereocenters. The highest BCUT2D eigenvalue weighted by Gasteiger charge is 2.48. The van der Waals surface area contributed by atoms with E-state index in [1.807, 2.05) is 0 Å². The number of carbonyl (C=O) groups excluding carboxylic acids is 5. The van der Waals surface area contributed by atoms with Crippen LogP contribution < -0.4 is 10.1 Å². The van der Waals surface area contributed by atoms with Gasteiger partial charge in [-0.15, -0.1) is 0 Å². The highest BCUT2D eigenvalue weighted by Crippen LogP contribution is 2.53. The first kappa shape index (κ1) is 45.4. The number of methoxy groups -OCH3 is 1. The Labute approximate surface area is 336 Å². The van der Waals surface area contributed by atoms with Crippen LogP contribution in [0.2, 0.25) is 0 Å². The van der Waals surface area contributed by atoms with Crippen molar-refractivity contribution in [2.45, 2.75) is 99.3 Å². The number of Topliss-reactive ketones (excluding diaryl/α,β-unsaturated/α-hetero) is 1. The van der Waals surface area contributed by atoms with Gasteiger partial charge in [-0.1, -0.05) is 39.0 Å². The number of rotatable bonds is 3. The number of hydrogen-bond donors (Lipinski definition) is 6. The van der Waals surface area contributed by atoms with Crippen molar-refractivity contribution >= 4 is 40.9 Å². The van der Waals surface area contributed by atoms with E-state index in [2.05, 4.69) is 5.32 Å². The summed E-state index contributed by atoms with van der Waals surface area (Å²) in [5.41, 5.74) is -2.47. The van der Waals surface area contributed by atoms with Crippen LogP contribution in [0.1, 0.15) is 83.8 Å². The van der Waals surface area contributed by atoms with Crippen LogP contribution in [0.3, 0.4) is 0 Å². The number of aliphatic hydroxyl groups is 4. The van der Waals surface area contributed by atoms with E-state index < -0.39 is 95.8 Å². The number of hydrogen-bond acceptors (Lipinski definition) is 15. The Kier molecular flexibility index (Phi) is 13.8. The summed E-state index contributed by atoms with van der Waals surface area (Å²) in [4.78, 5) is 65.7. The lowest BCUT2D eigenvalue weighted by atomic mass is 9.75. The first-order valence-electron chi connectivity index (χ1n) is 18.7. The number of anilines is 1. The Morgan fingerprint density at radius 2 is 1.50 bits per heavy atom. The average Bonchev–Trinajstić information content (AvgIpc) is 3.16. The molecule has 16 nitrogen and oxygen atoms in total. The summed E-state index contributed by atoms with van der Waals surface area (Å²) < 4.78 is 28.0. The van der Waals surface area contributed by atoms with Crippen LogP contribution >= 0.6 is 0 Å². The number of allylic oxidation sites excluding steroid dienone is 5. The highest BCUT2D eigenvalue weighted by molar-refractivity contribution is 6.21. The Morgan fingerprint density at radius 1 is 0.897 bits per heavy atom. The van der Waals surface area contributed by atoms with E-state index in [1.54, 1.807) is 13.0 Å². The lowest BCUT2D eigenvalue weighted by molar-refractivity contribution is -0.171. The predicted molar refractivity (Wildman–Crippen MR) is 208 cm³/mol. The minimum Gasteiger partial charge on any atom is -0.505 e. The van der Waals surface area contributed by atoms with Crippen molar-refractivity contribution < 1.29 is 73.2 Å². The molecule has 1 aromatic carbocycles. The van der Waals surface area contributed by atoms with Gasteiger partial charge in [0.05, 0.1) is 42.2 Å². The average molecular weight is 812 g/mol. The SMILES string of the molecule is COC(=O)[C@@H]1[C@H](O)[C@H](C)[C@H](OC(C)=O)[C@H](C)/C=C\C=C(\C)C(=O)Nc2c(C)c(OC(C)=O)c3c(c2O)C(=O)C(C)=C2OCOC(=C23)/C(C)=C/[C@@](C)(O)[C@H](O)[C@@H](C)[C@H]1O. The molecule has 4 bridgehead atoms. The molecule has 0 radical (unpaired) electrons.